The van der Waals surface area contributed by atoms with Crippen LogP contribution in [0.3, 0.4) is 0 Å². The van der Waals surface area contributed by atoms with Crippen LogP contribution in [0.15, 0.2) is 0 Å². The van der Waals surface area contributed by atoms with E-state index in [9.17, 15) is 4.79 Å². The normalized spacial score (nSPS) is 21.6. The van der Waals surface area contributed by atoms with Gasteiger partial charge in [0.05, 0.1) is 0 Å². The van der Waals surface area contributed by atoms with Crippen molar-refractivity contribution in [1.82, 2.24) is 15.1 Å². The van der Waals surface area contributed by atoms with E-state index in [4.69, 9.17) is 0 Å². The topological polar surface area (TPSA) is 35.6 Å². The van der Waals surface area contributed by atoms with Crippen molar-refractivity contribution in [1.29, 1.82) is 0 Å². The third kappa shape index (κ3) is 4.94. The number of carbonyl (C=O) groups is 1. The summed E-state index contributed by atoms with van der Waals surface area (Å²) in [6.07, 6.45) is 1.62. The summed E-state index contributed by atoms with van der Waals surface area (Å²) in [5.41, 5.74) is 0. The highest BCUT2D eigenvalue weighted by Gasteiger charge is 2.24. The van der Waals surface area contributed by atoms with Crippen molar-refractivity contribution in [2.75, 3.05) is 32.7 Å². The molecule has 0 bridgehead atoms. The number of amides is 1. The molecule has 1 fully saturated rings. The summed E-state index contributed by atoms with van der Waals surface area (Å²) in [6.45, 7) is 13.5. The number of carbonyl (C=O) groups excluding carboxylic acids is 1. The predicted molar refractivity (Wildman–Crippen MR) is 75.7 cm³/mol. The molecule has 1 aliphatic rings. The first kappa shape index (κ1) is 15.4. The van der Waals surface area contributed by atoms with Crippen molar-refractivity contribution < 1.29 is 4.79 Å². The first-order valence-corrected chi connectivity index (χ1v) is 7.29. The molecule has 1 amide bonds. The predicted octanol–water partition coefficient (Wildman–Crippen LogP) is 1.32. The van der Waals surface area contributed by atoms with Crippen molar-refractivity contribution in [3.05, 3.63) is 0 Å². The quantitative estimate of drug-likeness (QED) is 0.727. The lowest BCUT2D eigenvalue weighted by Gasteiger charge is -2.39. The molecule has 106 valence electrons. The first-order chi connectivity index (χ1) is 8.54. The van der Waals surface area contributed by atoms with Gasteiger partial charge in [0, 0.05) is 38.1 Å². The number of piperazine rings is 1. The maximum Gasteiger partial charge on any atom is 0.222 e. The Labute approximate surface area is 112 Å². The van der Waals surface area contributed by atoms with E-state index < -0.39 is 0 Å². The van der Waals surface area contributed by atoms with E-state index in [-0.39, 0.29) is 0 Å². The summed E-state index contributed by atoms with van der Waals surface area (Å²) in [5.74, 6) is 0.322. The van der Waals surface area contributed by atoms with Crippen molar-refractivity contribution in [2.45, 2.75) is 52.6 Å². The molecule has 1 unspecified atom stereocenters. The fraction of sp³-hybridized carbons (Fsp3) is 0.929. The van der Waals surface area contributed by atoms with Crippen LogP contribution in [0.2, 0.25) is 0 Å². The van der Waals surface area contributed by atoms with E-state index >= 15 is 0 Å². The molecular formula is C14H29N3O. The average Bonchev–Trinajstić information content (AvgIpc) is 2.34. The molecule has 1 rings (SSSR count). The molecule has 1 saturated heterocycles. The van der Waals surface area contributed by atoms with Crippen molar-refractivity contribution in [2.24, 2.45) is 0 Å². The number of hydrogen-bond donors (Lipinski definition) is 1. The molecule has 0 aromatic rings. The van der Waals surface area contributed by atoms with Gasteiger partial charge in [-0.2, -0.15) is 0 Å². The van der Waals surface area contributed by atoms with Gasteiger partial charge in [0.15, 0.2) is 0 Å². The average molecular weight is 255 g/mol. The highest BCUT2D eigenvalue weighted by atomic mass is 16.2. The molecule has 18 heavy (non-hydrogen) atoms. The zero-order chi connectivity index (χ0) is 13.5. The van der Waals surface area contributed by atoms with Gasteiger partial charge in [-0.3, -0.25) is 9.69 Å². The molecule has 1 heterocycles. The fourth-order valence-electron chi connectivity index (χ4n) is 2.48. The van der Waals surface area contributed by atoms with E-state index in [1.54, 1.807) is 0 Å². The number of rotatable bonds is 6. The van der Waals surface area contributed by atoms with Gasteiger partial charge >= 0.3 is 0 Å². The monoisotopic (exact) mass is 255 g/mol. The Bertz CT molecular complexity index is 255. The fourth-order valence-corrected chi connectivity index (χ4v) is 2.48. The number of likely N-dealkylation sites (N-methyl/N-ethyl adjacent to an activating group) is 1. The number of nitrogens with one attached hydrogen (secondary N) is 1. The minimum absolute atomic E-state index is 0.322. The zero-order valence-corrected chi connectivity index (χ0v) is 12.4. The Balaban J connectivity index is 2.22. The van der Waals surface area contributed by atoms with Crippen molar-refractivity contribution in [3.8, 4) is 0 Å². The summed E-state index contributed by atoms with van der Waals surface area (Å²) >= 11 is 0. The Hall–Kier alpha value is -0.610. The minimum atomic E-state index is 0.322. The Morgan fingerprint density at radius 1 is 1.39 bits per heavy atom. The molecule has 0 radical (unpaired) electrons. The van der Waals surface area contributed by atoms with E-state index in [1.165, 1.54) is 0 Å². The standard InChI is InChI=1S/C14H29N3O/c1-5-16-9-10-17(11-13(16)4)14(18)7-6-8-15-12(2)3/h12-13,15H,5-11H2,1-4H3. The molecule has 0 aromatic heterocycles. The van der Waals surface area contributed by atoms with Crippen molar-refractivity contribution >= 4 is 5.91 Å². The third-order valence-corrected chi connectivity index (χ3v) is 3.64. The highest BCUT2D eigenvalue weighted by Crippen LogP contribution is 2.10. The molecule has 0 saturated carbocycles. The van der Waals surface area contributed by atoms with Gasteiger partial charge in [0.25, 0.3) is 0 Å². The van der Waals surface area contributed by atoms with Gasteiger partial charge in [-0.25, -0.2) is 0 Å². The van der Waals surface area contributed by atoms with E-state index in [1.807, 2.05) is 4.90 Å². The first-order valence-electron chi connectivity index (χ1n) is 7.29. The SMILES string of the molecule is CCN1CCN(C(=O)CCCNC(C)C)CC1C. The van der Waals surface area contributed by atoms with Gasteiger partial charge in [-0.05, 0) is 26.4 Å². The largest absolute Gasteiger partial charge is 0.340 e. The van der Waals surface area contributed by atoms with Crippen LogP contribution < -0.4 is 5.32 Å². The maximum absolute atomic E-state index is 12.1. The van der Waals surface area contributed by atoms with Crippen molar-refractivity contribution in [3.63, 3.8) is 0 Å². The lowest BCUT2D eigenvalue weighted by Crippen LogP contribution is -2.53. The smallest absolute Gasteiger partial charge is 0.222 e. The van der Waals surface area contributed by atoms with E-state index in [0.717, 1.165) is 39.1 Å². The molecule has 4 nitrogen and oxygen atoms in total. The second kappa shape index (κ2) is 7.74. The summed E-state index contributed by atoms with van der Waals surface area (Å²) in [6, 6.07) is 1.01. The molecule has 0 aromatic carbocycles. The van der Waals surface area contributed by atoms with Crippen LogP contribution >= 0.6 is 0 Å². The second-order valence-corrected chi connectivity index (χ2v) is 5.53. The molecule has 0 spiro atoms. The van der Waals surface area contributed by atoms with E-state index in [0.29, 0.717) is 24.4 Å². The van der Waals surface area contributed by atoms with Crippen LogP contribution in [0.5, 0.6) is 0 Å². The van der Waals surface area contributed by atoms with Gasteiger partial charge < -0.3 is 10.2 Å². The Morgan fingerprint density at radius 3 is 2.67 bits per heavy atom. The van der Waals surface area contributed by atoms with Gasteiger partial charge in [0.1, 0.15) is 0 Å². The van der Waals surface area contributed by atoms with Crippen LogP contribution in [-0.4, -0.2) is 60.5 Å². The summed E-state index contributed by atoms with van der Waals surface area (Å²) < 4.78 is 0. The number of hydrogen-bond acceptors (Lipinski definition) is 3. The van der Waals surface area contributed by atoms with Crippen LogP contribution in [-0.2, 0) is 4.79 Å². The summed E-state index contributed by atoms with van der Waals surface area (Å²) in [4.78, 5) is 16.5. The summed E-state index contributed by atoms with van der Waals surface area (Å²) in [7, 11) is 0. The minimum Gasteiger partial charge on any atom is -0.340 e. The Morgan fingerprint density at radius 2 is 2.11 bits per heavy atom. The molecule has 1 aliphatic heterocycles. The van der Waals surface area contributed by atoms with Crippen LogP contribution in [0, 0.1) is 0 Å². The molecule has 1 atom stereocenters. The van der Waals surface area contributed by atoms with Gasteiger partial charge in [-0.1, -0.05) is 20.8 Å². The maximum atomic E-state index is 12.1. The summed E-state index contributed by atoms with van der Waals surface area (Å²) in [5, 5.41) is 3.35. The van der Waals surface area contributed by atoms with Gasteiger partial charge in [0.2, 0.25) is 5.91 Å². The molecule has 1 N–H and O–H groups in total. The van der Waals surface area contributed by atoms with Crippen LogP contribution in [0.4, 0.5) is 0 Å². The molecule has 4 heteroatoms. The highest BCUT2D eigenvalue weighted by molar-refractivity contribution is 5.76. The van der Waals surface area contributed by atoms with Gasteiger partial charge in [-0.15, -0.1) is 0 Å². The zero-order valence-electron chi connectivity index (χ0n) is 12.4. The second-order valence-electron chi connectivity index (χ2n) is 5.53. The molecular weight excluding hydrogens is 226 g/mol. The molecule has 0 aliphatic carbocycles. The van der Waals surface area contributed by atoms with Crippen LogP contribution in [0.1, 0.15) is 40.5 Å². The number of nitrogens with zero attached hydrogens (tertiary/aromatic N) is 2. The van der Waals surface area contributed by atoms with Crippen LogP contribution in [0.25, 0.3) is 0 Å². The third-order valence-electron chi connectivity index (χ3n) is 3.64. The lowest BCUT2D eigenvalue weighted by molar-refractivity contribution is -0.134. The Kier molecular flexibility index (Phi) is 6.65. The lowest BCUT2D eigenvalue weighted by atomic mass is 10.1. The van der Waals surface area contributed by atoms with E-state index in [2.05, 4.69) is 37.9 Å².